The lowest BCUT2D eigenvalue weighted by molar-refractivity contribution is 0.111. The Kier molecular flexibility index (Phi) is 6.78. The molecule has 170 valence electrons. The van der Waals surface area contributed by atoms with E-state index in [1.807, 2.05) is 12.1 Å². The van der Waals surface area contributed by atoms with Gasteiger partial charge in [-0.1, -0.05) is 43.5 Å². The van der Waals surface area contributed by atoms with Crippen molar-refractivity contribution in [3.05, 3.63) is 87.5 Å². The van der Waals surface area contributed by atoms with Gasteiger partial charge in [0, 0.05) is 24.0 Å². The fourth-order valence-corrected chi connectivity index (χ4v) is 4.84. The molecule has 1 fully saturated rings. The number of hydrogen-bond donors (Lipinski definition) is 3. The zero-order valence-corrected chi connectivity index (χ0v) is 18.5. The molecule has 0 unspecified atom stereocenters. The Bertz CT molecular complexity index is 1090. The van der Waals surface area contributed by atoms with Gasteiger partial charge in [-0.15, -0.1) is 0 Å². The highest BCUT2D eigenvalue weighted by molar-refractivity contribution is 5.79. The molecule has 3 aromatic rings. The number of aldehydes is 2. The van der Waals surface area contributed by atoms with E-state index in [2.05, 4.69) is 0 Å². The molecule has 5 heteroatoms. The molecule has 0 saturated heterocycles. The van der Waals surface area contributed by atoms with Gasteiger partial charge in [0.1, 0.15) is 29.8 Å². The van der Waals surface area contributed by atoms with Crippen LogP contribution in [0.15, 0.2) is 48.5 Å². The number of phenols is 3. The second-order valence-corrected chi connectivity index (χ2v) is 8.88. The first-order valence-corrected chi connectivity index (χ1v) is 11.4. The molecule has 4 rings (SSSR count). The fourth-order valence-electron chi connectivity index (χ4n) is 4.84. The van der Waals surface area contributed by atoms with Gasteiger partial charge >= 0.3 is 0 Å². The Morgan fingerprint density at radius 1 is 0.667 bits per heavy atom. The SMILES string of the molecule is O=Cc1cc(O)ccc1Cc1cc(C2CCCCC2)cc(Cc2ccc(O)cc2C=O)c1O. The van der Waals surface area contributed by atoms with Crippen molar-refractivity contribution in [2.75, 3.05) is 0 Å². The van der Waals surface area contributed by atoms with E-state index in [0.717, 1.165) is 29.5 Å². The Morgan fingerprint density at radius 2 is 1.15 bits per heavy atom. The van der Waals surface area contributed by atoms with Crippen molar-refractivity contribution in [2.24, 2.45) is 0 Å². The van der Waals surface area contributed by atoms with Gasteiger partial charge < -0.3 is 15.3 Å². The van der Waals surface area contributed by atoms with Gasteiger partial charge in [-0.2, -0.15) is 0 Å². The fraction of sp³-hybridized carbons (Fsp3) is 0.286. The minimum absolute atomic E-state index is 0.0236. The predicted molar refractivity (Wildman–Crippen MR) is 127 cm³/mol. The highest BCUT2D eigenvalue weighted by Gasteiger charge is 2.20. The third-order valence-corrected chi connectivity index (χ3v) is 6.64. The predicted octanol–water partition coefficient (Wildman–Crippen LogP) is 5.66. The topological polar surface area (TPSA) is 94.8 Å². The van der Waals surface area contributed by atoms with E-state index in [0.29, 0.717) is 53.6 Å². The van der Waals surface area contributed by atoms with Crippen LogP contribution in [-0.4, -0.2) is 27.9 Å². The van der Waals surface area contributed by atoms with Crippen LogP contribution in [-0.2, 0) is 12.8 Å². The van der Waals surface area contributed by atoms with Crippen LogP contribution in [0.3, 0.4) is 0 Å². The highest BCUT2D eigenvalue weighted by Crippen LogP contribution is 2.38. The smallest absolute Gasteiger partial charge is 0.150 e. The van der Waals surface area contributed by atoms with E-state index < -0.39 is 0 Å². The first-order valence-electron chi connectivity index (χ1n) is 11.4. The molecule has 0 bridgehead atoms. The standard InChI is InChI=1S/C28H28O5/c29-16-24-14-26(31)8-6-19(24)10-22-12-21(18-4-2-1-3-5-18)13-23(28(22)33)11-20-7-9-27(32)15-25(20)17-30/h6-9,12-18,31-33H,1-5,10-11H2. The molecule has 0 aromatic heterocycles. The first kappa shape index (κ1) is 22.6. The Morgan fingerprint density at radius 3 is 1.61 bits per heavy atom. The van der Waals surface area contributed by atoms with Crippen LogP contribution in [0.25, 0.3) is 0 Å². The summed E-state index contributed by atoms with van der Waals surface area (Å²) in [4.78, 5) is 23.1. The molecule has 0 aliphatic heterocycles. The average Bonchev–Trinajstić information content (AvgIpc) is 2.83. The Balaban J connectivity index is 1.77. The van der Waals surface area contributed by atoms with Crippen LogP contribution in [0.2, 0.25) is 0 Å². The number of aromatic hydroxyl groups is 3. The largest absolute Gasteiger partial charge is 0.508 e. The summed E-state index contributed by atoms with van der Waals surface area (Å²) in [6.07, 6.45) is 7.92. The minimum Gasteiger partial charge on any atom is -0.508 e. The molecule has 1 aliphatic rings. The van der Waals surface area contributed by atoms with Gasteiger partial charge in [0.2, 0.25) is 0 Å². The molecule has 3 aromatic carbocycles. The second-order valence-electron chi connectivity index (χ2n) is 8.88. The van der Waals surface area contributed by atoms with Gasteiger partial charge in [0.15, 0.2) is 0 Å². The molecule has 1 saturated carbocycles. The van der Waals surface area contributed by atoms with Crippen molar-refractivity contribution in [1.82, 2.24) is 0 Å². The minimum atomic E-state index is 0.0236. The van der Waals surface area contributed by atoms with Crippen LogP contribution in [0.5, 0.6) is 17.2 Å². The lowest BCUT2D eigenvalue weighted by Crippen LogP contribution is -2.07. The van der Waals surface area contributed by atoms with Crippen LogP contribution in [0.1, 0.15) is 86.6 Å². The lowest BCUT2D eigenvalue weighted by Gasteiger charge is -2.24. The summed E-state index contributed by atoms with van der Waals surface area (Å²) in [7, 11) is 0. The lowest BCUT2D eigenvalue weighted by atomic mass is 9.81. The number of hydrogen-bond acceptors (Lipinski definition) is 5. The molecule has 0 spiro atoms. The maximum absolute atomic E-state index is 11.5. The average molecular weight is 445 g/mol. The molecule has 5 nitrogen and oxygen atoms in total. The van der Waals surface area contributed by atoms with E-state index >= 15 is 0 Å². The number of rotatable bonds is 7. The van der Waals surface area contributed by atoms with Gasteiger partial charge in [0.05, 0.1) is 0 Å². The molecule has 3 N–H and O–H groups in total. The van der Waals surface area contributed by atoms with Crippen molar-refractivity contribution in [1.29, 1.82) is 0 Å². The summed E-state index contributed by atoms with van der Waals surface area (Å²) in [6.45, 7) is 0. The normalized spacial score (nSPS) is 14.2. The number of carbonyl (C=O) groups excluding carboxylic acids is 2. The summed E-state index contributed by atoms with van der Waals surface area (Å²) in [5.41, 5.74) is 4.82. The molecule has 0 amide bonds. The molecular formula is C28H28O5. The van der Waals surface area contributed by atoms with Crippen LogP contribution in [0.4, 0.5) is 0 Å². The summed E-state index contributed by atoms with van der Waals surface area (Å²) >= 11 is 0. The van der Waals surface area contributed by atoms with Gasteiger partial charge in [-0.3, -0.25) is 9.59 Å². The first-order chi connectivity index (χ1) is 16.0. The van der Waals surface area contributed by atoms with Gasteiger partial charge in [0.25, 0.3) is 0 Å². The third kappa shape index (κ3) is 5.08. The van der Waals surface area contributed by atoms with E-state index in [1.54, 1.807) is 12.1 Å². The summed E-state index contributed by atoms with van der Waals surface area (Å²) in [6, 6.07) is 13.4. The molecule has 33 heavy (non-hydrogen) atoms. The number of carbonyl (C=O) groups is 2. The molecule has 1 aliphatic carbocycles. The maximum Gasteiger partial charge on any atom is 0.150 e. The van der Waals surface area contributed by atoms with Crippen LogP contribution < -0.4 is 0 Å². The zero-order valence-electron chi connectivity index (χ0n) is 18.5. The van der Waals surface area contributed by atoms with E-state index in [4.69, 9.17) is 0 Å². The number of phenolic OH excluding ortho intramolecular Hbond substituents is 3. The van der Waals surface area contributed by atoms with Crippen molar-refractivity contribution in [2.45, 2.75) is 50.9 Å². The van der Waals surface area contributed by atoms with Gasteiger partial charge in [-0.05, 0) is 70.8 Å². The van der Waals surface area contributed by atoms with Crippen molar-refractivity contribution >= 4 is 12.6 Å². The van der Waals surface area contributed by atoms with Crippen molar-refractivity contribution in [3.8, 4) is 17.2 Å². The monoisotopic (exact) mass is 444 g/mol. The Labute approximate surface area is 193 Å². The van der Waals surface area contributed by atoms with Crippen LogP contribution in [0, 0.1) is 0 Å². The number of benzene rings is 3. The zero-order chi connectivity index (χ0) is 23.4. The van der Waals surface area contributed by atoms with Gasteiger partial charge in [-0.25, -0.2) is 0 Å². The maximum atomic E-state index is 11.5. The molecule has 0 atom stereocenters. The van der Waals surface area contributed by atoms with Crippen LogP contribution >= 0.6 is 0 Å². The van der Waals surface area contributed by atoms with Crippen molar-refractivity contribution in [3.63, 3.8) is 0 Å². The van der Waals surface area contributed by atoms with E-state index in [-0.39, 0.29) is 17.2 Å². The van der Waals surface area contributed by atoms with E-state index in [1.165, 1.54) is 43.5 Å². The second kappa shape index (κ2) is 9.90. The summed E-state index contributed by atoms with van der Waals surface area (Å²) < 4.78 is 0. The Hall–Kier alpha value is -3.60. The third-order valence-electron chi connectivity index (χ3n) is 6.64. The quantitative estimate of drug-likeness (QED) is 0.409. The molecular weight excluding hydrogens is 416 g/mol. The highest BCUT2D eigenvalue weighted by atomic mass is 16.3. The molecule has 0 heterocycles. The van der Waals surface area contributed by atoms with Crippen molar-refractivity contribution < 1.29 is 24.9 Å². The molecule has 0 radical (unpaired) electrons. The van der Waals surface area contributed by atoms with E-state index in [9.17, 15) is 24.9 Å². The summed E-state index contributed by atoms with van der Waals surface area (Å²) in [5, 5.41) is 30.6. The summed E-state index contributed by atoms with van der Waals surface area (Å²) in [5.74, 6) is 0.600.